The number of aryl methyl sites for hydroxylation is 2. The lowest BCUT2D eigenvalue weighted by molar-refractivity contribution is -0.124. The summed E-state index contributed by atoms with van der Waals surface area (Å²) in [6.45, 7) is 3.31. The molecule has 2 bridgehead atoms. The van der Waals surface area contributed by atoms with E-state index >= 15 is 0 Å². The maximum Gasteiger partial charge on any atom is 0.340 e. The van der Waals surface area contributed by atoms with Crippen molar-refractivity contribution in [2.45, 2.75) is 20.3 Å². The lowest BCUT2D eigenvalue weighted by Crippen LogP contribution is -2.40. The van der Waals surface area contributed by atoms with Crippen LogP contribution in [0.3, 0.4) is 0 Å². The van der Waals surface area contributed by atoms with Crippen LogP contribution in [0.25, 0.3) is 0 Å². The van der Waals surface area contributed by atoms with E-state index in [1.165, 1.54) is 11.0 Å². The molecule has 6 heteroatoms. The van der Waals surface area contributed by atoms with Gasteiger partial charge in [0.2, 0.25) is 17.6 Å². The van der Waals surface area contributed by atoms with Crippen molar-refractivity contribution in [3.8, 4) is 0 Å². The molecule has 3 fully saturated rings. The largest absolute Gasteiger partial charge is 0.454 e. The summed E-state index contributed by atoms with van der Waals surface area (Å²) in [4.78, 5) is 53.8. The monoisotopic (exact) mass is 455 g/mol. The molecule has 1 aliphatic heterocycles. The van der Waals surface area contributed by atoms with Gasteiger partial charge < -0.3 is 4.74 Å². The number of hydrogen-bond acceptors (Lipinski definition) is 5. The zero-order valence-electron chi connectivity index (χ0n) is 19.1. The number of ketones is 1. The fraction of sp³-hybridized carbons (Fsp3) is 0.357. The van der Waals surface area contributed by atoms with E-state index < -0.39 is 12.6 Å². The Kier molecular flexibility index (Phi) is 4.63. The highest BCUT2D eigenvalue weighted by molar-refractivity contribution is 6.24. The smallest absolute Gasteiger partial charge is 0.340 e. The summed E-state index contributed by atoms with van der Waals surface area (Å²) in [5.41, 5.74) is 2.62. The molecule has 4 aliphatic carbocycles. The van der Waals surface area contributed by atoms with Gasteiger partial charge in [-0.15, -0.1) is 0 Å². The van der Waals surface area contributed by atoms with Crippen LogP contribution in [0.1, 0.15) is 38.3 Å². The molecule has 6 nitrogen and oxygen atoms in total. The minimum atomic E-state index is -0.728. The van der Waals surface area contributed by atoms with Crippen LogP contribution in [0.5, 0.6) is 0 Å². The number of esters is 1. The zero-order valence-corrected chi connectivity index (χ0v) is 19.1. The Labute approximate surface area is 197 Å². The summed E-state index contributed by atoms with van der Waals surface area (Å²) >= 11 is 0. The molecule has 7 rings (SSSR count). The van der Waals surface area contributed by atoms with Crippen LogP contribution in [0.4, 0.5) is 5.69 Å². The lowest BCUT2D eigenvalue weighted by Gasteiger charge is -2.37. The molecule has 2 aromatic rings. The van der Waals surface area contributed by atoms with Gasteiger partial charge in [-0.1, -0.05) is 42.0 Å². The van der Waals surface area contributed by atoms with Gasteiger partial charge in [0.25, 0.3) is 0 Å². The number of Topliss-reactive ketones (excluding diaryl/α,β-unsaturated/α-hetero) is 1. The quantitative estimate of drug-likeness (QED) is 0.296. The molecule has 6 atom stereocenters. The molecular formula is C28H25NO5. The predicted molar refractivity (Wildman–Crippen MR) is 124 cm³/mol. The van der Waals surface area contributed by atoms with Gasteiger partial charge in [-0.2, -0.15) is 0 Å². The number of para-hydroxylation sites is 1. The van der Waals surface area contributed by atoms with Crippen LogP contribution in [-0.2, 0) is 14.3 Å². The Morgan fingerprint density at radius 3 is 2.24 bits per heavy atom. The average Bonchev–Trinajstić information content (AvgIpc) is 3.62. The molecule has 2 aromatic carbocycles. The summed E-state index contributed by atoms with van der Waals surface area (Å²) in [6, 6.07) is 12.0. The third-order valence-corrected chi connectivity index (χ3v) is 8.06. The highest BCUT2D eigenvalue weighted by Gasteiger charge is 2.67. The van der Waals surface area contributed by atoms with Gasteiger partial charge in [-0.3, -0.25) is 14.4 Å². The number of amides is 2. The standard InChI is InChI=1S/C28H25NO5/c1-14-7-8-15(2)19(11-14)23(30)13-34-28(33)18-5-3-4-6-22(18)29-26(31)24-16-9-10-17(21-12-20(16)21)25(24)27(29)32/h3-11,16-17,20-21,24-25H,12-13H2,1-2H3/t16-,17-,20-,21+,24-,25+/m0/s1. The highest BCUT2D eigenvalue weighted by Crippen LogP contribution is 2.65. The summed E-state index contributed by atoms with van der Waals surface area (Å²) in [6.07, 6.45) is 5.33. The molecule has 5 aliphatic rings. The molecule has 172 valence electrons. The molecule has 0 aromatic heterocycles. The lowest BCUT2D eigenvalue weighted by atomic mass is 9.63. The molecule has 1 saturated heterocycles. The number of rotatable bonds is 5. The number of carbonyl (C=O) groups excluding carboxylic acids is 4. The third-order valence-electron chi connectivity index (χ3n) is 8.06. The van der Waals surface area contributed by atoms with Crippen molar-refractivity contribution in [2.24, 2.45) is 35.5 Å². The second-order valence-electron chi connectivity index (χ2n) is 10.0. The van der Waals surface area contributed by atoms with Gasteiger partial charge in [0.05, 0.1) is 23.1 Å². The van der Waals surface area contributed by atoms with Crippen molar-refractivity contribution >= 4 is 29.3 Å². The van der Waals surface area contributed by atoms with Gasteiger partial charge >= 0.3 is 5.97 Å². The number of allylic oxidation sites excluding steroid dienone is 2. The number of nitrogens with zero attached hydrogens (tertiary/aromatic N) is 1. The van der Waals surface area contributed by atoms with Crippen LogP contribution in [0, 0.1) is 49.4 Å². The fourth-order valence-electron chi connectivity index (χ4n) is 6.36. The van der Waals surface area contributed by atoms with Crippen molar-refractivity contribution in [1.29, 1.82) is 0 Å². The fourth-order valence-corrected chi connectivity index (χ4v) is 6.36. The maximum atomic E-state index is 13.5. The Morgan fingerprint density at radius 1 is 0.912 bits per heavy atom. The van der Waals surface area contributed by atoms with Crippen molar-refractivity contribution in [3.63, 3.8) is 0 Å². The van der Waals surface area contributed by atoms with E-state index in [4.69, 9.17) is 4.74 Å². The second-order valence-corrected chi connectivity index (χ2v) is 10.0. The molecule has 1 heterocycles. The van der Waals surface area contributed by atoms with Crippen LogP contribution >= 0.6 is 0 Å². The van der Waals surface area contributed by atoms with E-state index in [0.29, 0.717) is 17.4 Å². The van der Waals surface area contributed by atoms with E-state index in [9.17, 15) is 19.2 Å². The number of imide groups is 1. The minimum absolute atomic E-state index is 0.107. The normalized spacial score (nSPS) is 30.2. The maximum absolute atomic E-state index is 13.5. The van der Waals surface area contributed by atoms with Crippen LogP contribution in [0.15, 0.2) is 54.6 Å². The van der Waals surface area contributed by atoms with Gasteiger partial charge in [-0.25, -0.2) is 9.69 Å². The first-order valence-corrected chi connectivity index (χ1v) is 11.8. The summed E-state index contributed by atoms with van der Waals surface area (Å²) < 4.78 is 5.36. The molecule has 2 saturated carbocycles. The van der Waals surface area contributed by atoms with E-state index in [-0.39, 0.29) is 52.5 Å². The number of hydrogen-bond donors (Lipinski definition) is 0. The summed E-state index contributed by atoms with van der Waals surface area (Å²) in [5.74, 6) is -0.956. The average molecular weight is 456 g/mol. The molecule has 2 amide bonds. The summed E-state index contributed by atoms with van der Waals surface area (Å²) in [5, 5.41) is 0. The molecular weight excluding hydrogens is 430 g/mol. The van der Waals surface area contributed by atoms with Crippen molar-refractivity contribution < 1.29 is 23.9 Å². The molecule has 34 heavy (non-hydrogen) atoms. The van der Waals surface area contributed by atoms with Gasteiger partial charge in [0, 0.05) is 5.56 Å². The van der Waals surface area contributed by atoms with E-state index in [0.717, 1.165) is 17.5 Å². The van der Waals surface area contributed by atoms with E-state index in [2.05, 4.69) is 12.2 Å². The van der Waals surface area contributed by atoms with Crippen molar-refractivity contribution in [2.75, 3.05) is 11.5 Å². The van der Waals surface area contributed by atoms with Crippen molar-refractivity contribution in [1.82, 2.24) is 0 Å². The molecule has 0 spiro atoms. The van der Waals surface area contributed by atoms with Crippen LogP contribution < -0.4 is 4.90 Å². The van der Waals surface area contributed by atoms with E-state index in [1.54, 1.807) is 24.3 Å². The number of ether oxygens (including phenoxy) is 1. The second kappa shape index (κ2) is 7.49. The van der Waals surface area contributed by atoms with Gasteiger partial charge in [-0.05, 0) is 67.7 Å². The highest BCUT2D eigenvalue weighted by atomic mass is 16.5. The Balaban J connectivity index is 1.24. The summed E-state index contributed by atoms with van der Waals surface area (Å²) in [7, 11) is 0. The third kappa shape index (κ3) is 3.01. The molecule has 0 unspecified atom stereocenters. The van der Waals surface area contributed by atoms with Gasteiger partial charge in [0.15, 0.2) is 6.61 Å². The number of carbonyl (C=O) groups is 4. The zero-order chi connectivity index (χ0) is 23.7. The van der Waals surface area contributed by atoms with Gasteiger partial charge in [0.1, 0.15) is 0 Å². The Bertz CT molecular complexity index is 1260. The Morgan fingerprint density at radius 2 is 1.56 bits per heavy atom. The minimum Gasteiger partial charge on any atom is -0.454 e. The first-order chi connectivity index (χ1) is 16.4. The van der Waals surface area contributed by atoms with E-state index in [1.807, 2.05) is 26.0 Å². The number of anilines is 1. The Hall–Kier alpha value is -3.54. The van der Waals surface area contributed by atoms with Crippen LogP contribution in [-0.4, -0.2) is 30.2 Å². The topological polar surface area (TPSA) is 80.8 Å². The molecule has 0 N–H and O–H groups in total. The molecule has 0 radical (unpaired) electrons. The number of benzene rings is 2. The first kappa shape index (κ1) is 21.0. The first-order valence-electron chi connectivity index (χ1n) is 11.8. The van der Waals surface area contributed by atoms with Crippen molar-refractivity contribution in [3.05, 3.63) is 76.9 Å². The predicted octanol–water partition coefficient (Wildman–Crippen LogP) is 3.90. The van der Waals surface area contributed by atoms with Crippen LogP contribution in [0.2, 0.25) is 0 Å². The SMILES string of the molecule is Cc1ccc(C)c(C(=O)COC(=O)c2ccccc2N2C(=O)[C@@H]3[C@H]4C=C[C@@H]([C@@H]5C[C@H]45)[C@@H]3C2=O)c1.